The Morgan fingerprint density at radius 2 is 1.96 bits per heavy atom. The van der Waals surface area contributed by atoms with Crippen molar-refractivity contribution < 1.29 is 14.3 Å². The van der Waals surface area contributed by atoms with Gasteiger partial charge in [0.25, 0.3) is 5.91 Å². The van der Waals surface area contributed by atoms with E-state index in [1.54, 1.807) is 0 Å². The summed E-state index contributed by atoms with van der Waals surface area (Å²) in [6, 6.07) is 9.01. The second-order valence-electron chi connectivity index (χ2n) is 6.62. The number of hydrogen-bond acceptors (Lipinski definition) is 5. The fourth-order valence-electron chi connectivity index (χ4n) is 3.21. The molecule has 3 rings (SSSR count). The van der Waals surface area contributed by atoms with Crippen LogP contribution in [-0.2, 0) is 14.3 Å². The minimum Gasteiger partial charge on any atom is -0.356 e. The smallest absolute Gasteiger partial charge is 0.251 e. The molecule has 0 bridgehead atoms. The number of hydrogen-bond donors (Lipinski definition) is 2. The third-order valence-corrected chi connectivity index (χ3v) is 4.75. The van der Waals surface area contributed by atoms with E-state index in [4.69, 9.17) is 4.74 Å². The van der Waals surface area contributed by atoms with E-state index in [0.29, 0.717) is 6.54 Å². The molecular formula is C18H26N4O3. The maximum atomic E-state index is 12.6. The molecule has 0 spiro atoms. The Kier molecular flexibility index (Phi) is 6.01. The SMILES string of the molecule is CN1CCN(CCNC(=O)[C@H]2OCC(=O)N[C@@H]2c2ccccc2)CC1. The summed E-state index contributed by atoms with van der Waals surface area (Å²) in [4.78, 5) is 28.9. The van der Waals surface area contributed by atoms with Crippen LogP contribution in [0.5, 0.6) is 0 Å². The van der Waals surface area contributed by atoms with Crippen LogP contribution in [0.2, 0.25) is 0 Å². The number of ether oxygens (including phenoxy) is 1. The van der Waals surface area contributed by atoms with Gasteiger partial charge in [0.2, 0.25) is 5.91 Å². The van der Waals surface area contributed by atoms with Gasteiger partial charge in [-0.25, -0.2) is 0 Å². The van der Waals surface area contributed by atoms with Gasteiger partial charge in [0.15, 0.2) is 6.10 Å². The van der Waals surface area contributed by atoms with E-state index in [2.05, 4.69) is 27.5 Å². The Labute approximate surface area is 148 Å². The third-order valence-electron chi connectivity index (χ3n) is 4.75. The molecule has 2 saturated heterocycles. The number of likely N-dealkylation sites (N-methyl/N-ethyl adjacent to an activating group) is 1. The van der Waals surface area contributed by atoms with Crippen molar-refractivity contribution in [2.45, 2.75) is 12.1 Å². The standard InChI is InChI=1S/C18H26N4O3/c1-21-9-11-22(12-10-21)8-7-19-18(24)17-16(20-15(23)13-25-17)14-5-3-2-4-6-14/h2-6,16-17H,7-13H2,1H3,(H,19,24)(H,20,23)/t16-,17+/m1/s1. The summed E-state index contributed by atoms with van der Waals surface area (Å²) in [6.45, 7) is 5.49. The zero-order valence-corrected chi connectivity index (χ0v) is 14.6. The zero-order chi connectivity index (χ0) is 17.6. The number of benzene rings is 1. The molecular weight excluding hydrogens is 320 g/mol. The van der Waals surface area contributed by atoms with Gasteiger partial charge >= 0.3 is 0 Å². The van der Waals surface area contributed by atoms with Crippen molar-refractivity contribution in [3.63, 3.8) is 0 Å². The van der Waals surface area contributed by atoms with Gasteiger partial charge in [-0.1, -0.05) is 30.3 Å². The first-order valence-electron chi connectivity index (χ1n) is 8.78. The van der Waals surface area contributed by atoms with Crippen molar-refractivity contribution in [3.8, 4) is 0 Å². The van der Waals surface area contributed by atoms with E-state index in [1.165, 1.54) is 0 Å². The molecule has 0 radical (unpaired) electrons. The van der Waals surface area contributed by atoms with Crippen LogP contribution in [0, 0.1) is 0 Å². The van der Waals surface area contributed by atoms with Crippen LogP contribution in [-0.4, -0.2) is 80.6 Å². The highest BCUT2D eigenvalue weighted by atomic mass is 16.5. The van der Waals surface area contributed by atoms with Crippen molar-refractivity contribution in [2.75, 3.05) is 52.9 Å². The molecule has 25 heavy (non-hydrogen) atoms. The molecule has 0 aromatic heterocycles. The molecule has 7 nitrogen and oxygen atoms in total. The van der Waals surface area contributed by atoms with E-state index in [0.717, 1.165) is 38.3 Å². The lowest BCUT2D eigenvalue weighted by Gasteiger charge is -2.33. The van der Waals surface area contributed by atoms with Crippen LogP contribution < -0.4 is 10.6 Å². The monoisotopic (exact) mass is 346 g/mol. The van der Waals surface area contributed by atoms with Gasteiger partial charge in [-0.3, -0.25) is 14.5 Å². The second kappa shape index (κ2) is 8.42. The first-order valence-corrected chi connectivity index (χ1v) is 8.78. The molecule has 2 atom stereocenters. The predicted molar refractivity (Wildman–Crippen MR) is 94.0 cm³/mol. The number of amides is 2. The van der Waals surface area contributed by atoms with E-state index >= 15 is 0 Å². The molecule has 2 N–H and O–H groups in total. The Bertz CT molecular complexity index is 587. The van der Waals surface area contributed by atoms with Crippen molar-refractivity contribution in [1.82, 2.24) is 20.4 Å². The van der Waals surface area contributed by atoms with Gasteiger partial charge < -0.3 is 20.3 Å². The zero-order valence-electron chi connectivity index (χ0n) is 14.6. The van der Waals surface area contributed by atoms with Gasteiger partial charge in [-0.05, 0) is 12.6 Å². The van der Waals surface area contributed by atoms with E-state index in [9.17, 15) is 9.59 Å². The van der Waals surface area contributed by atoms with Gasteiger partial charge in [0.05, 0.1) is 6.04 Å². The number of piperazine rings is 1. The average Bonchev–Trinajstić information content (AvgIpc) is 2.64. The molecule has 2 heterocycles. The average molecular weight is 346 g/mol. The first kappa shape index (κ1) is 17.8. The molecule has 2 aliphatic rings. The second-order valence-corrected chi connectivity index (χ2v) is 6.62. The number of morpholine rings is 1. The summed E-state index contributed by atoms with van der Waals surface area (Å²) in [5, 5.41) is 5.82. The Balaban J connectivity index is 1.53. The van der Waals surface area contributed by atoms with Crippen molar-refractivity contribution >= 4 is 11.8 Å². The normalized spacial score (nSPS) is 25.4. The summed E-state index contributed by atoms with van der Waals surface area (Å²) in [6.07, 6.45) is -0.701. The number of nitrogens with zero attached hydrogens (tertiary/aromatic N) is 2. The molecule has 2 amide bonds. The maximum Gasteiger partial charge on any atom is 0.251 e. The van der Waals surface area contributed by atoms with Crippen LogP contribution in [0.25, 0.3) is 0 Å². The Hall–Kier alpha value is -1.96. The van der Waals surface area contributed by atoms with Crippen LogP contribution in [0.1, 0.15) is 11.6 Å². The first-order chi connectivity index (χ1) is 12.1. The van der Waals surface area contributed by atoms with E-state index in [1.807, 2.05) is 30.3 Å². The highest BCUT2D eigenvalue weighted by Gasteiger charge is 2.35. The van der Waals surface area contributed by atoms with Gasteiger partial charge in [0.1, 0.15) is 6.61 Å². The molecule has 2 fully saturated rings. The fraction of sp³-hybridized carbons (Fsp3) is 0.556. The van der Waals surface area contributed by atoms with Crippen molar-refractivity contribution in [1.29, 1.82) is 0 Å². The topological polar surface area (TPSA) is 73.9 Å². The summed E-state index contributed by atoms with van der Waals surface area (Å²) in [7, 11) is 2.12. The minimum atomic E-state index is -0.701. The number of carbonyl (C=O) groups is 2. The molecule has 136 valence electrons. The van der Waals surface area contributed by atoms with Gasteiger partial charge in [-0.2, -0.15) is 0 Å². The predicted octanol–water partition coefficient (Wildman–Crippen LogP) is -0.394. The number of nitrogens with one attached hydrogen (secondary N) is 2. The lowest BCUT2D eigenvalue weighted by atomic mass is 9.99. The summed E-state index contributed by atoms with van der Waals surface area (Å²) < 4.78 is 5.53. The molecule has 0 unspecified atom stereocenters. The van der Waals surface area contributed by atoms with Crippen LogP contribution >= 0.6 is 0 Å². The number of rotatable bonds is 5. The van der Waals surface area contributed by atoms with Gasteiger partial charge in [0, 0.05) is 39.3 Å². The Morgan fingerprint density at radius 3 is 2.68 bits per heavy atom. The van der Waals surface area contributed by atoms with Crippen LogP contribution in [0.4, 0.5) is 0 Å². The summed E-state index contributed by atoms with van der Waals surface area (Å²) in [5.74, 6) is -0.377. The summed E-state index contributed by atoms with van der Waals surface area (Å²) >= 11 is 0. The number of carbonyl (C=O) groups excluding carboxylic acids is 2. The lowest BCUT2D eigenvalue weighted by Crippen LogP contribution is -2.53. The van der Waals surface area contributed by atoms with Crippen molar-refractivity contribution in [2.24, 2.45) is 0 Å². The quantitative estimate of drug-likeness (QED) is 0.759. The molecule has 2 aliphatic heterocycles. The highest BCUT2D eigenvalue weighted by molar-refractivity contribution is 5.86. The lowest BCUT2D eigenvalue weighted by molar-refractivity contribution is -0.148. The van der Waals surface area contributed by atoms with Crippen molar-refractivity contribution in [3.05, 3.63) is 35.9 Å². The van der Waals surface area contributed by atoms with Crippen LogP contribution in [0.3, 0.4) is 0 Å². The molecule has 0 aliphatic carbocycles. The fourth-order valence-corrected chi connectivity index (χ4v) is 3.21. The molecule has 1 aromatic carbocycles. The molecule has 7 heteroatoms. The largest absolute Gasteiger partial charge is 0.356 e. The summed E-state index contributed by atoms with van der Waals surface area (Å²) in [5.41, 5.74) is 0.870. The van der Waals surface area contributed by atoms with Crippen LogP contribution in [0.15, 0.2) is 30.3 Å². The minimum absolute atomic E-state index is 0.0835. The van der Waals surface area contributed by atoms with Gasteiger partial charge in [-0.15, -0.1) is 0 Å². The van der Waals surface area contributed by atoms with E-state index < -0.39 is 12.1 Å². The molecule has 1 aromatic rings. The highest BCUT2D eigenvalue weighted by Crippen LogP contribution is 2.22. The van der Waals surface area contributed by atoms with E-state index in [-0.39, 0.29) is 18.4 Å². The Morgan fingerprint density at radius 1 is 1.24 bits per heavy atom. The maximum absolute atomic E-state index is 12.6. The molecule has 0 saturated carbocycles. The third kappa shape index (κ3) is 4.78.